The summed E-state index contributed by atoms with van der Waals surface area (Å²) >= 11 is 6.05. The Labute approximate surface area is 254 Å². The van der Waals surface area contributed by atoms with Gasteiger partial charge < -0.3 is 14.9 Å². The van der Waals surface area contributed by atoms with Gasteiger partial charge in [0, 0.05) is 42.9 Å². The van der Waals surface area contributed by atoms with E-state index in [4.69, 9.17) is 11.6 Å². The fourth-order valence-corrected chi connectivity index (χ4v) is 5.90. The number of aromatic nitrogens is 1. The Morgan fingerprint density at radius 3 is 2.15 bits per heavy atom. The van der Waals surface area contributed by atoms with Gasteiger partial charge >= 0.3 is 5.97 Å². The van der Waals surface area contributed by atoms with E-state index in [0.717, 1.165) is 5.69 Å². The molecule has 0 atom stereocenters. The number of fused-ring (bicyclic) bond motifs is 1. The number of sulfonamides is 1. The predicted octanol–water partition coefficient (Wildman–Crippen LogP) is 6.12. The zero-order valence-corrected chi connectivity index (χ0v) is 24.7. The number of aromatic carboxylic acids is 1. The Kier molecular flexibility index (Phi) is 11.3. The average Bonchev–Trinajstić information content (AvgIpc) is 2.88. The van der Waals surface area contributed by atoms with Gasteiger partial charge in [-0.05, 0) is 60.7 Å². The normalized spacial score (nSPS) is 13.1. The topological polar surface area (TPSA) is 103 Å². The second-order valence-corrected chi connectivity index (χ2v) is 10.6. The number of hydrogen-bond acceptors (Lipinski definition) is 6. The van der Waals surface area contributed by atoms with E-state index in [0.29, 0.717) is 42.9 Å². The zero-order chi connectivity index (χ0) is 26.2. The number of hydrogen-bond donors (Lipinski definition) is 2. The van der Waals surface area contributed by atoms with Crippen LogP contribution in [0.15, 0.2) is 77.7 Å². The van der Waals surface area contributed by atoms with Gasteiger partial charge in [0.05, 0.1) is 16.1 Å². The molecule has 0 aliphatic carbocycles. The number of pyridine rings is 1. The molecule has 40 heavy (non-hydrogen) atoms. The molecule has 1 aliphatic rings. The molecule has 0 bridgehead atoms. The Bertz CT molecular complexity index is 1600. The maximum Gasteiger partial charge on any atom is 0.336 e. The molecule has 0 saturated carbocycles. The summed E-state index contributed by atoms with van der Waals surface area (Å²) < 4.78 is 41.4. The van der Waals surface area contributed by atoms with Crippen LogP contribution < -0.4 is 14.5 Å². The molecule has 0 spiro atoms. The summed E-state index contributed by atoms with van der Waals surface area (Å²) in [5, 5.41) is 10.3. The number of carboxylic acid groups (broad SMARTS) is 1. The van der Waals surface area contributed by atoms with Crippen molar-refractivity contribution in [3.8, 4) is 0 Å². The minimum atomic E-state index is -3.99. The summed E-state index contributed by atoms with van der Waals surface area (Å²) in [6.07, 6.45) is 0. The zero-order valence-electron chi connectivity index (χ0n) is 20.7. The Hall–Kier alpha value is -3.02. The lowest BCUT2D eigenvalue weighted by atomic mass is 10.1. The molecule has 14 heteroatoms. The number of carbonyl (C=O) groups is 1. The van der Waals surface area contributed by atoms with Crippen molar-refractivity contribution in [2.24, 2.45) is 0 Å². The van der Waals surface area contributed by atoms with Crippen LogP contribution in [0.1, 0.15) is 10.4 Å². The molecule has 2 heterocycles. The first-order chi connectivity index (χ1) is 17.7. The smallest absolute Gasteiger partial charge is 0.336 e. The summed E-state index contributed by atoms with van der Waals surface area (Å²) in [7, 11) is -3.99. The van der Waals surface area contributed by atoms with Gasteiger partial charge in [0.25, 0.3) is 10.0 Å². The molecule has 0 radical (unpaired) electrons. The number of rotatable bonds is 6. The number of halogens is 5. The quantitative estimate of drug-likeness (QED) is 0.259. The van der Waals surface area contributed by atoms with E-state index >= 15 is 0 Å². The molecule has 0 unspecified atom stereocenters. The van der Waals surface area contributed by atoms with Gasteiger partial charge in [-0.3, -0.25) is 4.72 Å². The first-order valence-electron chi connectivity index (χ1n) is 11.4. The van der Waals surface area contributed by atoms with E-state index in [1.807, 2.05) is 4.90 Å². The molecule has 0 amide bonds. The highest BCUT2D eigenvalue weighted by atomic mass is 35.5. The monoisotopic (exact) mass is 648 g/mol. The van der Waals surface area contributed by atoms with Crippen molar-refractivity contribution in [2.45, 2.75) is 4.90 Å². The molecule has 1 fully saturated rings. The van der Waals surface area contributed by atoms with Crippen molar-refractivity contribution in [2.75, 3.05) is 40.7 Å². The standard InChI is InChI=1S/C26H22ClFN4O4S.3ClH/c27-22-3-1-2-4-24(22)37(35,36)30-18-7-10-23-20(15-18)21(26(33)34)16-25(29-23)32-13-11-31(12-14-32)19-8-5-17(28)6-9-19;;;/h1-10,15-16,30H,11-14H2,(H,33,34);3*1H. The Balaban J connectivity index is 0.00000187. The number of nitrogens with zero attached hydrogens (tertiary/aromatic N) is 3. The van der Waals surface area contributed by atoms with Gasteiger partial charge in [0.15, 0.2) is 0 Å². The lowest BCUT2D eigenvalue weighted by Crippen LogP contribution is -2.46. The van der Waals surface area contributed by atoms with Crippen molar-refractivity contribution in [3.05, 3.63) is 89.2 Å². The van der Waals surface area contributed by atoms with E-state index in [1.54, 1.807) is 30.3 Å². The highest BCUT2D eigenvalue weighted by molar-refractivity contribution is 7.92. The molecule has 5 rings (SSSR count). The summed E-state index contributed by atoms with van der Waals surface area (Å²) in [5.41, 5.74) is 1.55. The Morgan fingerprint density at radius 2 is 1.52 bits per heavy atom. The maximum absolute atomic E-state index is 13.2. The summed E-state index contributed by atoms with van der Waals surface area (Å²) in [6.45, 7) is 2.53. The van der Waals surface area contributed by atoms with Crippen LogP contribution >= 0.6 is 48.8 Å². The van der Waals surface area contributed by atoms with Crippen LogP contribution in [0.3, 0.4) is 0 Å². The minimum absolute atomic E-state index is 0. The number of benzene rings is 3. The molecule has 1 saturated heterocycles. The lowest BCUT2D eigenvalue weighted by Gasteiger charge is -2.37. The van der Waals surface area contributed by atoms with Crippen molar-refractivity contribution >= 4 is 92.9 Å². The van der Waals surface area contributed by atoms with Crippen LogP contribution in [0.5, 0.6) is 0 Å². The number of piperazine rings is 1. The second-order valence-electron chi connectivity index (χ2n) is 8.55. The third-order valence-electron chi connectivity index (χ3n) is 6.20. The van der Waals surface area contributed by atoms with Gasteiger partial charge in [-0.2, -0.15) is 0 Å². The minimum Gasteiger partial charge on any atom is -0.478 e. The van der Waals surface area contributed by atoms with Crippen LogP contribution in [-0.4, -0.2) is 50.7 Å². The van der Waals surface area contributed by atoms with E-state index in [9.17, 15) is 22.7 Å². The molecular formula is C26H25Cl4FN4O4S. The van der Waals surface area contributed by atoms with Crippen molar-refractivity contribution in [1.82, 2.24) is 4.98 Å². The first-order valence-corrected chi connectivity index (χ1v) is 13.3. The average molecular weight is 650 g/mol. The summed E-state index contributed by atoms with van der Waals surface area (Å²) in [4.78, 5) is 20.8. The fraction of sp³-hybridized carbons (Fsp3) is 0.154. The fourth-order valence-electron chi connectivity index (χ4n) is 4.33. The van der Waals surface area contributed by atoms with Gasteiger partial charge in [0.1, 0.15) is 16.5 Å². The molecule has 1 aliphatic heterocycles. The SMILES string of the molecule is Cl.Cl.Cl.O=C(O)c1cc(N2CCN(c3ccc(F)cc3)CC2)nc2ccc(NS(=O)(=O)c3ccccc3Cl)cc12. The largest absolute Gasteiger partial charge is 0.478 e. The van der Waals surface area contributed by atoms with Crippen LogP contribution in [0, 0.1) is 5.82 Å². The van der Waals surface area contributed by atoms with Gasteiger partial charge in [-0.25, -0.2) is 22.6 Å². The van der Waals surface area contributed by atoms with Gasteiger partial charge in [-0.15, -0.1) is 37.2 Å². The molecule has 2 N–H and O–H groups in total. The van der Waals surface area contributed by atoms with E-state index < -0.39 is 16.0 Å². The third-order valence-corrected chi connectivity index (χ3v) is 8.08. The van der Waals surface area contributed by atoms with Crippen molar-refractivity contribution in [3.63, 3.8) is 0 Å². The van der Waals surface area contributed by atoms with Crippen molar-refractivity contribution < 1.29 is 22.7 Å². The van der Waals surface area contributed by atoms with E-state index in [2.05, 4.69) is 14.6 Å². The molecular weight excluding hydrogens is 625 g/mol. The first kappa shape index (κ1) is 33.2. The molecule has 1 aromatic heterocycles. The van der Waals surface area contributed by atoms with Crippen LogP contribution in [-0.2, 0) is 10.0 Å². The van der Waals surface area contributed by atoms with Gasteiger partial charge in [-0.1, -0.05) is 23.7 Å². The van der Waals surface area contributed by atoms with E-state index in [-0.39, 0.29) is 64.2 Å². The molecule has 3 aromatic carbocycles. The highest BCUT2D eigenvalue weighted by Gasteiger charge is 2.22. The summed E-state index contributed by atoms with van der Waals surface area (Å²) in [6, 6.07) is 18.5. The summed E-state index contributed by atoms with van der Waals surface area (Å²) in [5.74, 6) is -0.915. The van der Waals surface area contributed by atoms with Crippen LogP contribution in [0.4, 0.5) is 21.6 Å². The number of nitrogens with one attached hydrogen (secondary N) is 1. The van der Waals surface area contributed by atoms with E-state index in [1.165, 1.54) is 42.5 Å². The molecule has 8 nitrogen and oxygen atoms in total. The highest BCUT2D eigenvalue weighted by Crippen LogP contribution is 2.29. The van der Waals surface area contributed by atoms with Crippen LogP contribution in [0.25, 0.3) is 10.9 Å². The molecule has 214 valence electrons. The van der Waals surface area contributed by atoms with Gasteiger partial charge in [0.2, 0.25) is 0 Å². The number of anilines is 3. The number of carboxylic acids is 1. The Morgan fingerprint density at radius 1 is 0.900 bits per heavy atom. The molecule has 4 aromatic rings. The second kappa shape index (κ2) is 13.6. The lowest BCUT2D eigenvalue weighted by molar-refractivity contribution is 0.0699. The predicted molar refractivity (Wildman–Crippen MR) is 164 cm³/mol. The van der Waals surface area contributed by atoms with Crippen LogP contribution in [0.2, 0.25) is 5.02 Å². The van der Waals surface area contributed by atoms with Crippen molar-refractivity contribution in [1.29, 1.82) is 0 Å². The maximum atomic E-state index is 13.2. The third kappa shape index (κ3) is 7.00.